The van der Waals surface area contributed by atoms with E-state index in [9.17, 15) is 4.79 Å². The van der Waals surface area contributed by atoms with Crippen LogP contribution in [0.2, 0.25) is 0 Å². The van der Waals surface area contributed by atoms with E-state index in [0.29, 0.717) is 12.1 Å². The van der Waals surface area contributed by atoms with Gasteiger partial charge in [-0.2, -0.15) is 0 Å². The zero-order valence-electron chi connectivity index (χ0n) is 13.3. The van der Waals surface area contributed by atoms with Gasteiger partial charge in [0.25, 0.3) is 5.91 Å². The standard InChI is InChI=1S/C20H15N3OS/c24-20(22-13-14-6-3-4-10-21-14)16-12-18(19-9-5-11-25-19)23-17-8-2-1-7-15(16)17/h1-12H,13H2,(H,22,24). The summed E-state index contributed by atoms with van der Waals surface area (Å²) < 4.78 is 0. The van der Waals surface area contributed by atoms with Gasteiger partial charge in [-0.1, -0.05) is 30.3 Å². The SMILES string of the molecule is O=C(NCc1ccccn1)c1cc(-c2cccs2)nc2ccccc12. The van der Waals surface area contributed by atoms with Crippen molar-refractivity contribution in [2.45, 2.75) is 6.54 Å². The van der Waals surface area contributed by atoms with Gasteiger partial charge in [-0.05, 0) is 35.7 Å². The summed E-state index contributed by atoms with van der Waals surface area (Å²) in [7, 11) is 0. The van der Waals surface area contributed by atoms with Crippen LogP contribution in [0.3, 0.4) is 0 Å². The Kier molecular flexibility index (Phi) is 4.23. The smallest absolute Gasteiger partial charge is 0.252 e. The summed E-state index contributed by atoms with van der Waals surface area (Å²) in [4.78, 5) is 22.8. The number of carbonyl (C=O) groups excluding carboxylic acids is 1. The van der Waals surface area contributed by atoms with Crippen LogP contribution in [-0.2, 0) is 6.54 Å². The Labute approximate surface area is 149 Å². The number of pyridine rings is 2. The number of thiophene rings is 1. The fourth-order valence-electron chi connectivity index (χ4n) is 2.68. The molecule has 4 rings (SSSR count). The van der Waals surface area contributed by atoms with Gasteiger partial charge in [0.05, 0.1) is 33.9 Å². The highest BCUT2D eigenvalue weighted by Crippen LogP contribution is 2.27. The van der Waals surface area contributed by atoms with Crippen molar-refractivity contribution in [1.82, 2.24) is 15.3 Å². The van der Waals surface area contributed by atoms with Crippen LogP contribution in [0.25, 0.3) is 21.5 Å². The molecule has 0 aliphatic heterocycles. The largest absolute Gasteiger partial charge is 0.346 e. The molecule has 4 aromatic rings. The summed E-state index contributed by atoms with van der Waals surface area (Å²) >= 11 is 1.61. The molecule has 1 amide bonds. The lowest BCUT2D eigenvalue weighted by Gasteiger charge is -2.10. The van der Waals surface area contributed by atoms with Crippen LogP contribution >= 0.6 is 11.3 Å². The topological polar surface area (TPSA) is 54.9 Å². The van der Waals surface area contributed by atoms with Gasteiger partial charge in [-0.25, -0.2) is 4.98 Å². The molecule has 0 radical (unpaired) electrons. The number of nitrogens with zero attached hydrogens (tertiary/aromatic N) is 2. The van der Waals surface area contributed by atoms with E-state index in [2.05, 4.69) is 10.3 Å². The normalized spacial score (nSPS) is 10.7. The molecule has 4 nitrogen and oxygen atoms in total. The van der Waals surface area contributed by atoms with Crippen molar-refractivity contribution in [2.75, 3.05) is 0 Å². The second kappa shape index (κ2) is 6.83. The maximum atomic E-state index is 12.8. The van der Waals surface area contributed by atoms with E-state index < -0.39 is 0 Å². The molecule has 0 saturated heterocycles. The zero-order valence-corrected chi connectivity index (χ0v) is 14.2. The van der Waals surface area contributed by atoms with E-state index >= 15 is 0 Å². The second-order valence-corrected chi connectivity index (χ2v) is 6.50. The first-order chi connectivity index (χ1) is 12.3. The molecule has 0 fully saturated rings. The fraction of sp³-hybridized carbons (Fsp3) is 0.0500. The summed E-state index contributed by atoms with van der Waals surface area (Å²) in [5, 5.41) is 5.81. The highest BCUT2D eigenvalue weighted by atomic mass is 32.1. The van der Waals surface area contributed by atoms with Gasteiger partial charge in [-0.15, -0.1) is 11.3 Å². The highest BCUT2D eigenvalue weighted by molar-refractivity contribution is 7.13. The number of para-hydroxylation sites is 1. The predicted octanol–water partition coefficient (Wildman–Crippen LogP) is 4.29. The van der Waals surface area contributed by atoms with Gasteiger partial charge in [0, 0.05) is 11.6 Å². The molecule has 0 aliphatic rings. The number of fused-ring (bicyclic) bond motifs is 1. The van der Waals surface area contributed by atoms with Gasteiger partial charge in [0.1, 0.15) is 0 Å². The zero-order chi connectivity index (χ0) is 17.1. The van der Waals surface area contributed by atoms with Crippen molar-refractivity contribution in [3.8, 4) is 10.6 Å². The number of rotatable bonds is 4. The molecule has 0 atom stereocenters. The second-order valence-electron chi connectivity index (χ2n) is 5.55. The maximum Gasteiger partial charge on any atom is 0.252 e. The Hall–Kier alpha value is -3.05. The molecule has 0 spiro atoms. The lowest BCUT2D eigenvalue weighted by Crippen LogP contribution is -2.23. The van der Waals surface area contributed by atoms with Gasteiger partial charge in [0.15, 0.2) is 0 Å². The maximum absolute atomic E-state index is 12.8. The van der Waals surface area contributed by atoms with Crippen molar-refractivity contribution in [3.05, 3.63) is 83.5 Å². The van der Waals surface area contributed by atoms with Gasteiger partial charge >= 0.3 is 0 Å². The average molecular weight is 345 g/mol. The molecular formula is C20H15N3OS. The molecule has 1 N–H and O–H groups in total. The lowest BCUT2D eigenvalue weighted by atomic mass is 10.1. The Bertz CT molecular complexity index is 1010. The van der Waals surface area contributed by atoms with Crippen LogP contribution in [-0.4, -0.2) is 15.9 Å². The van der Waals surface area contributed by atoms with Gasteiger partial charge in [-0.3, -0.25) is 9.78 Å². The Morgan fingerprint density at radius 1 is 1.04 bits per heavy atom. The van der Waals surface area contributed by atoms with Crippen molar-refractivity contribution in [1.29, 1.82) is 0 Å². The molecule has 25 heavy (non-hydrogen) atoms. The molecule has 3 aromatic heterocycles. The summed E-state index contributed by atoms with van der Waals surface area (Å²) in [5.74, 6) is -0.123. The lowest BCUT2D eigenvalue weighted by molar-refractivity contribution is 0.0952. The van der Waals surface area contributed by atoms with E-state index in [1.54, 1.807) is 17.5 Å². The number of benzene rings is 1. The molecular weight excluding hydrogens is 330 g/mol. The van der Waals surface area contributed by atoms with Crippen LogP contribution in [0, 0.1) is 0 Å². The molecule has 0 aliphatic carbocycles. The summed E-state index contributed by atoms with van der Waals surface area (Å²) in [6.45, 7) is 0.394. The summed E-state index contributed by atoms with van der Waals surface area (Å²) in [5.41, 5.74) is 3.09. The molecule has 5 heteroatoms. The highest BCUT2D eigenvalue weighted by Gasteiger charge is 2.14. The average Bonchev–Trinajstić information content (AvgIpc) is 3.21. The Morgan fingerprint density at radius 3 is 2.72 bits per heavy atom. The van der Waals surface area contributed by atoms with Crippen LogP contribution in [0.1, 0.15) is 16.1 Å². The van der Waals surface area contributed by atoms with Crippen molar-refractivity contribution >= 4 is 28.1 Å². The van der Waals surface area contributed by atoms with Crippen molar-refractivity contribution in [2.24, 2.45) is 0 Å². The molecule has 0 bridgehead atoms. The van der Waals surface area contributed by atoms with Crippen molar-refractivity contribution < 1.29 is 4.79 Å². The predicted molar refractivity (Wildman–Crippen MR) is 100 cm³/mol. The number of aromatic nitrogens is 2. The third-order valence-electron chi connectivity index (χ3n) is 3.89. The monoisotopic (exact) mass is 345 g/mol. The first kappa shape index (κ1) is 15.5. The fourth-order valence-corrected chi connectivity index (χ4v) is 3.37. The number of nitrogens with one attached hydrogen (secondary N) is 1. The number of amides is 1. The first-order valence-electron chi connectivity index (χ1n) is 7.93. The molecule has 1 aromatic carbocycles. The van der Waals surface area contributed by atoms with Crippen LogP contribution in [0.15, 0.2) is 72.2 Å². The molecule has 0 unspecified atom stereocenters. The molecule has 3 heterocycles. The number of hydrogen-bond donors (Lipinski definition) is 1. The van der Waals surface area contributed by atoms with Crippen molar-refractivity contribution in [3.63, 3.8) is 0 Å². The van der Waals surface area contributed by atoms with E-state index in [0.717, 1.165) is 27.2 Å². The first-order valence-corrected chi connectivity index (χ1v) is 8.81. The summed E-state index contributed by atoms with van der Waals surface area (Å²) in [6, 6.07) is 19.2. The van der Waals surface area contributed by atoms with Gasteiger partial charge in [0.2, 0.25) is 0 Å². The summed E-state index contributed by atoms with van der Waals surface area (Å²) in [6.07, 6.45) is 1.72. The minimum atomic E-state index is -0.123. The molecule has 0 saturated carbocycles. The molecule has 122 valence electrons. The quantitative estimate of drug-likeness (QED) is 0.600. The van der Waals surface area contributed by atoms with E-state index in [1.165, 1.54) is 0 Å². The minimum absolute atomic E-state index is 0.123. The number of carbonyl (C=O) groups is 1. The van der Waals surface area contributed by atoms with E-state index in [4.69, 9.17) is 4.98 Å². The Balaban J connectivity index is 1.71. The number of hydrogen-bond acceptors (Lipinski definition) is 4. The van der Waals surface area contributed by atoms with Crippen LogP contribution in [0.4, 0.5) is 0 Å². The van der Waals surface area contributed by atoms with Crippen LogP contribution < -0.4 is 5.32 Å². The third-order valence-corrected chi connectivity index (χ3v) is 4.78. The van der Waals surface area contributed by atoms with E-state index in [-0.39, 0.29) is 5.91 Å². The minimum Gasteiger partial charge on any atom is -0.346 e. The Morgan fingerprint density at radius 2 is 1.92 bits per heavy atom. The van der Waals surface area contributed by atoms with Gasteiger partial charge < -0.3 is 5.32 Å². The van der Waals surface area contributed by atoms with E-state index in [1.807, 2.05) is 66.0 Å². The third kappa shape index (κ3) is 3.27. The van der Waals surface area contributed by atoms with Crippen LogP contribution in [0.5, 0.6) is 0 Å².